The van der Waals surface area contributed by atoms with Crippen LogP contribution >= 0.6 is 11.8 Å². The highest BCUT2D eigenvalue weighted by atomic mass is 32.2. The summed E-state index contributed by atoms with van der Waals surface area (Å²) >= 11 is 1.95. The van der Waals surface area contributed by atoms with Crippen LogP contribution in [0.4, 0.5) is 0 Å². The Balaban J connectivity index is 1.93. The van der Waals surface area contributed by atoms with Gasteiger partial charge < -0.3 is 5.32 Å². The van der Waals surface area contributed by atoms with Crippen LogP contribution in [0.25, 0.3) is 0 Å². The molecule has 2 rings (SSSR count). The van der Waals surface area contributed by atoms with E-state index in [1.54, 1.807) is 0 Å². The van der Waals surface area contributed by atoms with Crippen molar-refractivity contribution in [1.29, 1.82) is 0 Å². The van der Waals surface area contributed by atoms with Crippen molar-refractivity contribution < 1.29 is 0 Å². The third kappa shape index (κ3) is 3.23. The highest BCUT2D eigenvalue weighted by molar-refractivity contribution is 8.13. The largest absolute Gasteiger partial charge is 0.360 e. The highest BCUT2D eigenvalue weighted by Gasteiger charge is 2.33. The van der Waals surface area contributed by atoms with Crippen molar-refractivity contribution in [3.63, 3.8) is 0 Å². The van der Waals surface area contributed by atoms with Gasteiger partial charge >= 0.3 is 0 Å². The predicted molar refractivity (Wildman–Crippen MR) is 82.4 cm³/mol. The molecule has 1 aliphatic heterocycles. The lowest BCUT2D eigenvalue weighted by Crippen LogP contribution is -2.48. The molecule has 0 aromatic carbocycles. The fraction of sp³-hybridized carbons (Fsp3) is 0.933. The summed E-state index contributed by atoms with van der Waals surface area (Å²) in [4.78, 5) is 4.83. The number of hydrogen-bond acceptors (Lipinski definition) is 3. The van der Waals surface area contributed by atoms with Gasteiger partial charge in [-0.3, -0.25) is 4.99 Å². The molecule has 0 atom stereocenters. The van der Waals surface area contributed by atoms with Crippen LogP contribution < -0.4 is 5.32 Å². The quantitative estimate of drug-likeness (QED) is 0.829. The zero-order chi connectivity index (χ0) is 13.1. The molecule has 0 aromatic heterocycles. The smallest absolute Gasteiger partial charge is 0.157 e. The summed E-state index contributed by atoms with van der Waals surface area (Å²) < 4.78 is 0. The van der Waals surface area contributed by atoms with E-state index in [9.17, 15) is 0 Å². The molecule has 0 saturated heterocycles. The van der Waals surface area contributed by atoms with Crippen molar-refractivity contribution in [1.82, 2.24) is 5.32 Å². The Morgan fingerprint density at radius 2 is 1.83 bits per heavy atom. The molecule has 0 amide bonds. The van der Waals surface area contributed by atoms with Crippen LogP contribution in [0.3, 0.4) is 0 Å². The summed E-state index contributed by atoms with van der Waals surface area (Å²) in [6, 6.07) is 0. The molecule has 18 heavy (non-hydrogen) atoms. The van der Waals surface area contributed by atoms with Gasteiger partial charge in [0.25, 0.3) is 0 Å². The highest BCUT2D eigenvalue weighted by Crippen LogP contribution is 2.36. The van der Waals surface area contributed by atoms with Gasteiger partial charge in [-0.2, -0.15) is 0 Å². The molecule has 104 valence electrons. The minimum Gasteiger partial charge on any atom is -0.360 e. The van der Waals surface area contributed by atoms with Crippen LogP contribution in [0.15, 0.2) is 4.99 Å². The zero-order valence-electron chi connectivity index (χ0n) is 12.2. The molecule has 1 fully saturated rings. The lowest BCUT2D eigenvalue weighted by Gasteiger charge is -2.39. The fourth-order valence-electron chi connectivity index (χ4n) is 3.02. The molecular weight excluding hydrogens is 240 g/mol. The number of nitrogens with zero attached hydrogens (tertiary/aromatic N) is 1. The van der Waals surface area contributed by atoms with Crippen LogP contribution in [-0.4, -0.2) is 23.0 Å². The first-order chi connectivity index (χ1) is 8.61. The zero-order valence-corrected chi connectivity index (χ0v) is 13.0. The average Bonchev–Trinajstić information content (AvgIpc) is 2.40. The minimum atomic E-state index is 0.308. The third-order valence-electron chi connectivity index (χ3n) is 4.94. The van der Waals surface area contributed by atoms with Gasteiger partial charge in [0.1, 0.15) is 0 Å². The van der Waals surface area contributed by atoms with E-state index in [2.05, 4.69) is 26.1 Å². The van der Waals surface area contributed by atoms with Gasteiger partial charge in [0.15, 0.2) is 5.17 Å². The van der Waals surface area contributed by atoms with Crippen LogP contribution in [-0.2, 0) is 0 Å². The molecule has 1 saturated carbocycles. The second-order valence-electron chi connectivity index (χ2n) is 6.36. The molecule has 0 unspecified atom stereocenters. The van der Waals surface area contributed by atoms with Gasteiger partial charge in [0.05, 0.1) is 0 Å². The maximum Gasteiger partial charge on any atom is 0.157 e. The van der Waals surface area contributed by atoms with Gasteiger partial charge in [0.2, 0.25) is 0 Å². The molecular formula is C15H28N2S. The maximum absolute atomic E-state index is 4.83. The maximum atomic E-state index is 4.83. The van der Waals surface area contributed by atoms with Gasteiger partial charge in [-0.1, -0.05) is 44.9 Å². The second kappa shape index (κ2) is 5.85. The first-order valence-electron chi connectivity index (χ1n) is 7.57. The molecule has 2 nitrogen and oxygen atoms in total. The summed E-state index contributed by atoms with van der Waals surface area (Å²) in [6.45, 7) is 8.00. The predicted octanol–water partition coefficient (Wildman–Crippen LogP) is 4.21. The van der Waals surface area contributed by atoms with Gasteiger partial charge in [-0.05, 0) is 38.0 Å². The van der Waals surface area contributed by atoms with E-state index in [-0.39, 0.29) is 0 Å². The van der Waals surface area contributed by atoms with Crippen LogP contribution in [0.5, 0.6) is 0 Å². The number of rotatable bonds is 3. The molecule has 1 aliphatic carbocycles. The first-order valence-corrected chi connectivity index (χ1v) is 8.55. The van der Waals surface area contributed by atoms with Crippen LogP contribution in [0, 0.1) is 5.41 Å². The van der Waals surface area contributed by atoms with Gasteiger partial charge in [-0.25, -0.2) is 0 Å². The summed E-state index contributed by atoms with van der Waals surface area (Å²) in [7, 11) is 0. The molecule has 0 spiro atoms. The molecule has 1 heterocycles. The van der Waals surface area contributed by atoms with Crippen molar-refractivity contribution >= 4 is 16.9 Å². The van der Waals surface area contributed by atoms with E-state index >= 15 is 0 Å². The fourth-order valence-corrected chi connectivity index (χ4v) is 4.44. The van der Waals surface area contributed by atoms with E-state index in [1.165, 1.54) is 55.9 Å². The third-order valence-corrected chi connectivity index (χ3v) is 6.20. The topological polar surface area (TPSA) is 24.4 Å². The van der Waals surface area contributed by atoms with Crippen molar-refractivity contribution in [2.75, 3.05) is 12.3 Å². The van der Waals surface area contributed by atoms with Crippen molar-refractivity contribution in [2.24, 2.45) is 10.4 Å². The molecule has 0 radical (unpaired) electrons. The first kappa shape index (κ1) is 14.2. The Kier molecular flexibility index (Phi) is 4.63. The van der Waals surface area contributed by atoms with E-state index in [0.717, 1.165) is 6.54 Å². The normalized spacial score (nSPS) is 26.5. The summed E-state index contributed by atoms with van der Waals surface area (Å²) in [5, 5.41) is 4.94. The number of hydrogen-bond donors (Lipinski definition) is 1. The lowest BCUT2D eigenvalue weighted by molar-refractivity contribution is 0.288. The van der Waals surface area contributed by atoms with E-state index < -0.39 is 0 Å². The lowest BCUT2D eigenvalue weighted by atomic mass is 9.83. The molecule has 2 aliphatic rings. The van der Waals surface area contributed by atoms with Crippen molar-refractivity contribution in [3.05, 3.63) is 0 Å². The molecule has 1 N–H and O–H groups in total. The molecule has 0 aromatic rings. The summed E-state index contributed by atoms with van der Waals surface area (Å²) in [5.41, 5.74) is 0.770. The Hall–Kier alpha value is -0.180. The average molecular weight is 268 g/mol. The van der Waals surface area contributed by atoms with Crippen LogP contribution in [0.2, 0.25) is 0 Å². The number of nitrogens with one attached hydrogen (secondary N) is 1. The molecule has 3 heteroatoms. The summed E-state index contributed by atoms with van der Waals surface area (Å²) in [6.07, 6.45) is 9.27. The minimum absolute atomic E-state index is 0.308. The Morgan fingerprint density at radius 1 is 1.17 bits per heavy atom. The second-order valence-corrected chi connectivity index (χ2v) is 7.33. The Labute approximate surface area is 116 Å². The van der Waals surface area contributed by atoms with Gasteiger partial charge in [0, 0.05) is 17.8 Å². The van der Waals surface area contributed by atoms with E-state index in [4.69, 9.17) is 4.99 Å². The number of amidine groups is 1. The van der Waals surface area contributed by atoms with Crippen molar-refractivity contribution in [3.8, 4) is 0 Å². The molecule has 0 bridgehead atoms. The number of aliphatic imine (C=N–C) groups is 1. The monoisotopic (exact) mass is 268 g/mol. The Morgan fingerprint density at radius 3 is 2.33 bits per heavy atom. The van der Waals surface area contributed by atoms with E-state index in [1.807, 2.05) is 11.8 Å². The van der Waals surface area contributed by atoms with Crippen LogP contribution in [0.1, 0.15) is 65.7 Å². The number of thioether (sulfide) groups is 1. The van der Waals surface area contributed by atoms with Crippen molar-refractivity contribution in [2.45, 2.75) is 71.3 Å². The summed E-state index contributed by atoms with van der Waals surface area (Å²) in [5.74, 6) is 1.24. The van der Waals surface area contributed by atoms with E-state index in [0.29, 0.717) is 11.0 Å². The van der Waals surface area contributed by atoms with Gasteiger partial charge in [-0.15, -0.1) is 0 Å². The SMILES string of the molecule is CCC1(CC)CN=C(NC2(C)CCCCC2)SC1. The Bertz CT molecular complexity index is 302. The standard InChI is InChI=1S/C15H28N2S/c1-4-15(5-2)11-16-13(18-12-15)17-14(3)9-7-6-8-10-14/h4-12H2,1-3H3,(H,16,17).